The summed E-state index contributed by atoms with van der Waals surface area (Å²) in [6.07, 6.45) is 1.79. The Labute approximate surface area is 99.4 Å². The smallest absolute Gasteiger partial charge is 0.121 e. The number of nitrogens with one attached hydrogen (secondary N) is 1. The average molecular weight is 237 g/mol. The van der Waals surface area contributed by atoms with Gasteiger partial charge in [-0.2, -0.15) is 0 Å². The van der Waals surface area contributed by atoms with Crippen LogP contribution in [-0.2, 0) is 5.88 Å². The van der Waals surface area contributed by atoms with Crippen molar-refractivity contribution in [2.75, 3.05) is 6.61 Å². The molecule has 0 atom stereocenters. The second-order valence-corrected chi connectivity index (χ2v) is 3.60. The summed E-state index contributed by atoms with van der Waals surface area (Å²) in [5.74, 6) is 2.06. The van der Waals surface area contributed by atoms with Gasteiger partial charge in [-0.3, -0.25) is 0 Å². The molecular formula is C12H13ClN2O. The molecule has 0 amide bonds. The third-order valence-electron chi connectivity index (χ3n) is 2.23. The SMILES string of the molecule is CCOc1ccc(-c2cnc(CCl)[nH]2)cc1. The Bertz CT molecular complexity index is 450. The highest BCUT2D eigenvalue weighted by molar-refractivity contribution is 6.16. The molecule has 0 radical (unpaired) electrons. The minimum Gasteiger partial charge on any atom is -0.494 e. The van der Waals surface area contributed by atoms with Crippen LogP contribution in [-0.4, -0.2) is 16.6 Å². The second-order valence-electron chi connectivity index (χ2n) is 3.33. The molecule has 0 saturated carbocycles. The van der Waals surface area contributed by atoms with Crippen LogP contribution >= 0.6 is 11.6 Å². The van der Waals surface area contributed by atoms with Crippen molar-refractivity contribution >= 4 is 11.6 Å². The van der Waals surface area contributed by atoms with Crippen molar-refractivity contribution in [2.45, 2.75) is 12.8 Å². The maximum atomic E-state index is 5.68. The summed E-state index contributed by atoms with van der Waals surface area (Å²) in [6.45, 7) is 2.65. The Balaban J connectivity index is 2.20. The van der Waals surface area contributed by atoms with Crippen molar-refractivity contribution in [3.63, 3.8) is 0 Å². The van der Waals surface area contributed by atoms with Gasteiger partial charge in [0.2, 0.25) is 0 Å². The number of hydrogen-bond donors (Lipinski definition) is 1. The molecule has 0 bridgehead atoms. The molecular weight excluding hydrogens is 224 g/mol. The molecule has 0 fully saturated rings. The first-order chi connectivity index (χ1) is 7.83. The lowest BCUT2D eigenvalue weighted by atomic mass is 10.2. The number of rotatable bonds is 4. The predicted octanol–water partition coefficient (Wildman–Crippen LogP) is 3.21. The number of aromatic amines is 1. The highest BCUT2D eigenvalue weighted by Crippen LogP contribution is 2.21. The number of aromatic nitrogens is 2. The fourth-order valence-electron chi connectivity index (χ4n) is 1.47. The van der Waals surface area contributed by atoms with Crippen molar-refractivity contribution in [1.29, 1.82) is 0 Å². The standard InChI is InChI=1S/C12H13ClN2O/c1-2-16-10-5-3-9(4-6-10)11-8-14-12(7-13)15-11/h3-6,8H,2,7H2,1H3,(H,14,15). The van der Waals surface area contributed by atoms with Crippen LogP contribution in [0.25, 0.3) is 11.3 Å². The minimum absolute atomic E-state index is 0.400. The Hall–Kier alpha value is -1.48. The fraction of sp³-hybridized carbons (Fsp3) is 0.250. The quantitative estimate of drug-likeness (QED) is 0.828. The van der Waals surface area contributed by atoms with Crippen LogP contribution in [0.5, 0.6) is 5.75 Å². The van der Waals surface area contributed by atoms with E-state index in [0.29, 0.717) is 12.5 Å². The maximum Gasteiger partial charge on any atom is 0.121 e. The maximum absolute atomic E-state index is 5.68. The van der Waals surface area contributed by atoms with E-state index in [4.69, 9.17) is 16.3 Å². The second kappa shape index (κ2) is 5.03. The molecule has 0 saturated heterocycles. The van der Waals surface area contributed by atoms with Crippen molar-refractivity contribution in [3.05, 3.63) is 36.3 Å². The number of ether oxygens (including phenoxy) is 1. The van der Waals surface area contributed by atoms with E-state index in [1.54, 1.807) is 6.20 Å². The number of halogens is 1. The lowest BCUT2D eigenvalue weighted by Crippen LogP contribution is -1.90. The lowest BCUT2D eigenvalue weighted by Gasteiger charge is -2.03. The lowest BCUT2D eigenvalue weighted by molar-refractivity contribution is 0.340. The molecule has 1 aromatic heterocycles. The summed E-state index contributed by atoms with van der Waals surface area (Å²) in [7, 11) is 0. The van der Waals surface area contributed by atoms with E-state index in [2.05, 4.69) is 9.97 Å². The zero-order valence-corrected chi connectivity index (χ0v) is 9.79. The number of hydrogen-bond acceptors (Lipinski definition) is 2. The van der Waals surface area contributed by atoms with Gasteiger partial charge in [-0.05, 0) is 36.8 Å². The number of nitrogens with zero attached hydrogens (tertiary/aromatic N) is 1. The Morgan fingerprint density at radius 3 is 2.62 bits per heavy atom. The fourth-order valence-corrected chi connectivity index (χ4v) is 1.61. The molecule has 84 valence electrons. The van der Waals surface area contributed by atoms with Gasteiger partial charge < -0.3 is 9.72 Å². The largest absolute Gasteiger partial charge is 0.494 e. The van der Waals surface area contributed by atoms with Gasteiger partial charge in [0.05, 0.1) is 24.4 Å². The molecule has 4 heteroatoms. The Morgan fingerprint density at radius 2 is 2.06 bits per heavy atom. The zero-order chi connectivity index (χ0) is 11.4. The number of benzene rings is 1. The van der Waals surface area contributed by atoms with Crippen molar-refractivity contribution in [3.8, 4) is 17.0 Å². The highest BCUT2D eigenvalue weighted by Gasteiger charge is 2.02. The monoisotopic (exact) mass is 236 g/mol. The van der Waals surface area contributed by atoms with Gasteiger partial charge in [0.15, 0.2) is 0 Å². The van der Waals surface area contributed by atoms with E-state index < -0.39 is 0 Å². The van der Waals surface area contributed by atoms with Crippen LogP contribution < -0.4 is 4.74 Å². The summed E-state index contributed by atoms with van der Waals surface area (Å²) in [4.78, 5) is 7.30. The van der Waals surface area contributed by atoms with Gasteiger partial charge in [-0.15, -0.1) is 11.6 Å². The molecule has 0 aliphatic carbocycles. The first-order valence-corrected chi connectivity index (χ1v) is 5.70. The molecule has 3 nitrogen and oxygen atoms in total. The molecule has 0 spiro atoms. The molecule has 0 aliphatic rings. The van der Waals surface area contributed by atoms with E-state index in [9.17, 15) is 0 Å². The van der Waals surface area contributed by atoms with Gasteiger partial charge >= 0.3 is 0 Å². The van der Waals surface area contributed by atoms with Crippen LogP contribution in [0.2, 0.25) is 0 Å². The van der Waals surface area contributed by atoms with E-state index in [-0.39, 0.29) is 0 Å². The van der Waals surface area contributed by atoms with Gasteiger partial charge in [0, 0.05) is 0 Å². The summed E-state index contributed by atoms with van der Waals surface area (Å²) >= 11 is 5.68. The van der Waals surface area contributed by atoms with Gasteiger partial charge in [0.1, 0.15) is 11.6 Å². The van der Waals surface area contributed by atoms with Crippen LogP contribution in [0.1, 0.15) is 12.7 Å². The Kier molecular flexibility index (Phi) is 3.47. The average Bonchev–Trinajstić information content (AvgIpc) is 2.79. The first-order valence-electron chi connectivity index (χ1n) is 5.16. The first kappa shape index (κ1) is 11.0. The molecule has 2 aromatic rings. The molecule has 2 rings (SSSR count). The van der Waals surface area contributed by atoms with E-state index >= 15 is 0 Å². The third kappa shape index (κ3) is 2.36. The molecule has 16 heavy (non-hydrogen) atoms. The molecule has 1 aromatic carbocycles. The van der Waals surface area contributed by atoms with E-state index in [1.807, 2.05) is 31.2 Å². The predicted molar refractivity (Wildman–Crippen MR) is 64.7 cm³/mol. The number of alkyl halides is 1. The van der Waals surface area contributed by atoms with E-state index in [0.717, 1.165) is 22.8 Å². The van der Waals surface area contributed by atoms with Crippen LogP contribution in [0, 0.1) is 0 Å². The van der Waals surface area contributed by atoms with Crippen molar-refractivity contribution < 1.29 is 4.74 Å². The number of H-pyrrole nitrogens is 1. The summed E-state index contributed by atoms with van der Waals surface area (Å²) in [6, 6.07) is 7.88. The topological polar surface area (TPSA) is 37.9 Å². The minimum atomic E-state index is 0.400. The Morgan fingerprint density at radius 1 is 1.31 bits per heavy atom. The third-order valence-corrected chi connectivity index (χ3v) is 2.48. The van der Waals surface area contributed by atoms with E-state index in [1.165, 1.54) is 0 Å². The highest BCUT2D eigenvalue weighted by atomic mass is 35.5. The summed E-state index contributed by atoms with van der Waals surface area (Å²) in [5, 5.41) is 0. The van der Waals surface area contributed by atoms with Crippen molar-refractivity contribution in [2.24, 2.45) is 0 Å². The van der Waals surface area contributed by atoms with Crippen molar-refractivity contribution in [1.82, 2.24) is 9.97 Å². The zero-order valence-electron chi connectivity index (χ0n) is 9.03. The molecule has 1 N–H and O–H groups in total. The van der Waals surface area contributed by atoms with Crippen LogP contribution in [0.3, 0.4) is 0 Å². The summed E-state index contributed by atoms with van der Waals surface area (Å²) < 4.78 is 5.38. The number of imidazole rings is 1. The van der Waals surface area contributed by atoms with Gasteiger partial charge in [-0.25, -0.2) is 4.98 Å². The normalized spacial score (nSPS) is 10.4. The summed E-state index contributed by atoms with van der Waals surface area (Å²) in [5.41, 5.74) is 2.05. The van der Waals surface area contributed by atoms with Crippen LogP contribution in [0.15, 0.2) is 30.5 Å². The van der Waals surface area contributed by atoms with Crippen LogP contribution in [0.4, 0.5) is 0 Å². The molecule has 0 unspecified atom stereocenters. The molecule has 1 heterocycles. The molecule has 0 aliphatic heterocycles. The van der Waals surface area contributed by atoms with Gasteiger partial charge in [0.25, 0.3) is 0 Å². The van der Waals surface area contributed by atoms with Gasteiger partial charge in [-0.1, -0.05) is 0 Å².